The van der Waals surface area contributed by atoms with E-state index in [0.717, 1.165) is 27.9 Å². The van der Waals surface area contributed by atoms with Gasteiger partial charge in [0.05, 0.1) is 11.9 Å². The number of hydrogen-bond donors (Lipinski definition) is 1. The Kier molecular flexibility index (Phi) is 4.46. The molecule has 0 fully saturated rings. The van der Waals surface area contributed by atoms with Crippen LogP contribution in [0, 0.1) is 6.92 Å². The number of ether oxygens (including phenoxy) is 1. The lowest BCUT2D eigenvalue weighted by Crippen LogP contribution is -1.90. The van der Waals surface area contributed by atoms with Crippen LogP contribution < -0.4 is 10.2 Å². The van der Waals surface area contributed by atoms with Gasteiger partial charge >= 0.3 is 0 Å². The maximum Gasteiger partial charge on any atom is 0.203 e. The summed E-state index contributed by atoms with van der Waals surface area (Å²) in [6, 6.07) is 17.5. The van der Waals surface area contributed by atoms with Crippen LogP contribution in [0.25, 0.3) is 0 Å². The topological polar surface area (TPSA) is 46.5 Å². The predicted octanol–water partition coefficient (Wildman–Crippen LogP) is 4.69. The first kappa shape index (κ1) is 14.3. The minimum atomic E-state index is 0.790. The fourth-order valence-electron chi connectivity index (χ4n) is 1.81. The maximum absolute atomic E-state index is 5.74. The average molecular weight is 309 g/mol. The number of anilines is 1. The molecule has 0 amide bonds. The number of nitrogens with zero attached hydrogens (tertiary/aromatic N) is 2. The largest absolute Gasteiger partial charge is 0.457 e. The number of rotatable bonds is 5. The van der Waals surface area contributed by atoms with Gasteiger partial charge in [-0.15, -0.1) is 11.3 Å². The molecule has 0 spiro atoms. The summed E-state index contributed by atoms with van der Waals surface area (Å²) in [6.45, 7) is 1.96. The van der Waals surface area contributed by atoms with Crippen molar-refractivity contribution in [2.75, 3.05) is 5.43 Å². The van der Waals surface area contributed by atoms with Crippen molar-refractivity contribution in [1.29, 1.82) is 0 Å². The van der Waals surface area contributed by atoms with Gasteiger partial charge in [0, 0.05) is 5.38 Å². The molecule has 3 rings (SSSR count). The lowest BCUT2D eigenvalue weighted by Gasteiger charge is -2.05. The van der Waals surface area contributed by atoms with E-state index in [9.17, 15) is 0 Å². The molecule has 1 aromatic heterocycles. The molecule has 3 aromatic rings. The van der Waals surface area contributed by atoms with Crippen LogP contribution in [0.5, 0.6) is 11.5 Å². The fourth-order valence-corrected chi connectivity index (χ4v) is 2.45. The van der Waals surface area contributed by atoms with Crippen LogP contribution in [-0.4, -0.2) is 11.2 Å². The Hall–Kier alpha value is -2.66. The highest BCUT2D eigenvalue weighted by atomic mass is 32.1. The minimum absolute atomic E-state index is 0.790. The number of hydrazone groups is 1. The van der Waals surface area contributed by atoms with Gasteiger partial charge in [-0.25, -0.2) is 4.98 Å². The van der Waals surface area contributed by atoms with Gasteiger partial charge in [-0.05, 0) is 48.9 Å². The van der Waals surface area contributed by atoms with Gasteiger partial charge in [0.2, 0.25) is 5.13 Å². The van der Waals surface area contributed by atoms with Gasteiger partial charge in [0.1, 0.15) is 11.5 Å². The second-order valence-corrected chi connectivity index (χ2v) is 5.51. The summed E-state index contributed by atoms with van der Waals surface area (Å²) in [7, 11) is 0. The van der Waals surface area contributed by atoms with Crippen molar-refractivity contribution >= 4 is 22.7 Å². The van der Waals surface area contributed by atoms with Crippen molar-refractivity contribution in [3.63, 3.8) is 0 Å². The minimum Gasteiger partial charge on any atom is -0.457 e. The molecule has 4 nitrogen and oxygen atoms in total. The summed E-state index contributed by atoms with van der Waals surface area (Å²) >= 11 is 1.53. The summed E-state index contributed by atoms with van der Waals surface area (Å²) < 4.78 is 5.74. The van der Waals surface area contributed by atoms with Crippen molar-refractivity contribution in [3.05, 3.63) is 71.2 Å². The van der Waals surface area contributed by atoms with E-state index in [1.807, 2.05) is 66.9 Å². The molecule has 110 valence electrons. The number of thiazole rings is 1. The number of benzene rings is 2. The quantitative estimate of drug-likeness (QED) is 0.549. The molecule has 1 heterocycles. The maximum atomic E-state index is 5.74. The molecule has 1 N–H and O–H groups in total. The normalized spacial score (nSPS) is 10.8. The van der Waals surface area contributed by atoms with Crippen LogP contribution in [-0.2, 0) is 0 Å². The second-order valence-electron chi connectivity index (χ2n) is 4.65. The van der Waals surface area contributed by atoms with Crippen LogP contribution in [0.15, 0.2) is 65.1 Å². The molecule has 0 bridgehead atoms. The summed E-state index contributed by atoms with van der Waals surface area (Å²) in [4.78, 5) is 4.28. The Morgan fingerprint density at radius 3 is 2.45 bits per heavy atom. The molecule has 0 atom stereocenters. The van der Waals surface area contributed by atoms with Gasteiger partial charge in [-0.2, -0.15) is 5.10 Å². The first-order valence-electron chi connectivity index (χ1n) is 6.84. The number of nitrogens with one attached hydrogen (secondary N) is 1. The van der Waals surface area contributed by atoms with Crippen molar-refractivity contribution in [1.82, 2.24) is 4.98 Å². The third-order valence-corrected chi connectivity index (χ3v) is 3.72. The van der Waals surface area contributed by atoms with Gasteiger partial charge < -0.3 is 4.74 Å². The summed E-state index contributed by atoms with van der Waals surface area (Å²) in [6.07, 6.45) is 1.75. The van der Waals surface area contributed by atoms with Gasteiger partial charge in [-0.1, -0.05) is 18.2 Å². The average Bonchev–Trinajstić information content (AvgIpc) is 2.96. The number of hydrogen-bond acceptors (Lipinski definition) is 5. The predicted molar refractivity (Wildman–Crippen MR) is 91.0 cm³/mol. The molecule has 0 radical (unpaired) electrons. The molecule has 0 saturated heterocycles. The zero-order chi connectivity index (χ0) is 15.2. The van der Waals surface area contributed by atoms with Gasteiger partial charge in [0.15, 0.2) is 0 Å². The van der Waals surface area contributed by atoms with Crippen molar-refractivity contribution < 1.29 is 4.74 Å². The van der Waals surface area contributed by atoms with Gasteiger partial charge in [-0.3, -0.25) is 5.43 Å². The molecule has 2 aromatic carbocycles. The summed E-state index contributed by atoms with van der Waals surface area (Å²) in [5.41, 5.74) is 4.89. The highest BCUT2D eigenvalue weighted by Crippen LogP contribution is 2.20. The zero-order valence-corrected chi connectivity index (χ0v) is 12.9. The molecule has 5 heteroatoms. The Morgan fingerprint density at radius 1 is 1.05 bits per heavy atom. The molecule has 0 aliphatic rings. The van der Waals surface area contributed by atoms with Crippen LogP contribution in [0.1, 0.15) is 11.3 Å². The highest BCUT2D eigenvalue weighted by Gasteiger charge is 1.97. The first-order valence-corrected chi connectivity index (χ1v) is 7.72. The molecular weight excluding hydrogens is 294 g/mol. The third kappa shape index (κ3) is 3.93. The van der Waals surface area contributed by atoms with Crippen molar-refractivity contribution in [2.45, 2.75) is 6.92 Å². The first-order chi connectivity index (χ1) is 10.8. The summed E-state index contributed by atoms with van der Waals surface area (Å²) in [5.74, 6) is 1.62. The van der Waals surface area contributed by atoms with E-state index in [1.165, 1.54) is 11.3 Å². The number of aryl methyl sites for hydroxylation is 1. The Balaban J connectivity index is 1.59. The molecule has 0 unspecified atom stereocenters. The summed E-state index contributed by atoms with van der Waals surface area (Å²) in [5, 5.41) is 6.94. The second kappa shape index (κ2) is 6.87. The van der Waals surface area contributed by atoms with E-state index in [1.54, 1.807) is 6.21 Å². The van der Waals surface area contributed by atoms with E-state index in [-0.39, 0.29) is 0 Å². The smallest absolute Gasteiger partial charge is 0.203 e. The molecule has 0 aliphatic heterocycles. The molecular formula is C17H15N3OS. The van der Waals surface area contributed by atoms with E-state index in [4.69, 9.17) is 4.74 Å². The monoisotopic (exact) mass is 309 g/mol. The molecule has 0 aliphatic carbocycles. The zero-order valence-electron chi connectivity index (χ0n) is 12.1. The Labute approximate surface area is 133 Å². The van der Waals surface area contributed by atoms with Crippen LogP contribution in [0.4, 0.5) is 5.13 Å². The standard InChI is InChI=1S/C17H15N3OS/c1-13-12-22-17(19-13)20-18-11-14-7-9-16(10-8-14)21-15-5-3-2-4-6-15/h2-12H,1H3,(H,19,20). The SMILES string of the molecule is Cc1csc(NN=Cc2ccc(Oc3ccccc3)cc2)n1. The Morgan fingerprint density at radius 2 is 1.77 bits per heavy atom. The lowest BCUT2D eigenvalue weighted by molar-refractivity contribution is 0.482. The van der Waals surface area contributed by atoms with E-state index in [0.29, 0.717) is 0 Å². The van der Waals surface area contributed by atoms with Crippen molar-refractivity contribution in [3.8, 4) is 11.5 Å². The molecule has 22 heavy (non-hydrogen) atoms. The molecule has 0 saturated carbocycles. The van der Waals surface area contributed by atoms with E-state index >= 15 is 0 Å². The van der Waals surface area contributed by atoms with Crippen LogP contribution >= 0.6 is 11.3 Å². The number of aromatic nitrogens is 1. The van der Waals surface area contributed by atoms with E-state index < -0.39 is 0 Å². The van der Waals surface area contributed by atoms with Gasteiger partial charge in [0.25, 0.3) is 0 Å². The van der Waals surface area contributed by atoms with Crippen LogP contribution in [0.2, 0.25) is 0 Å². The Bertz CT molecular complexity index is 751. The third-order valence-electron chi connectivity index (χ3n) is 2.85. The van der Waals surface area contributed by atoms with Crippen LogP contribution in [0.3, 0.4) is 0 Å². The highest BCUT2D eigenvalue weighted by molar-refractivity contribution is 7.13. The fraction of sp³-hybridized carbons (Fsp3) is 0.0588. The number of para-hydroxylation sites is 1. The van der Waals surface area contributed by atoms with E-state index in [2.05, 4.69) is 15.5 Å². The lowest BCUT2D eigenvalue weighted by atomic mass is 10.2. The van der Waals surface area contributed by atoms with Crippen molar-refractivity contribution in [2.24, 2.45) is 5.10 Å².